The molecule has 0 spiro atoms. The molecule has 1 amide bonds. The van der Waals surface area contributed by atoms with Gasteiger partial charge in [-0.2, -0.15) is 0 Å². The van der Waals surface area contributed by atoms with Gasteiger partial charge in [0, 0.05) is 17.0 Å². The van der Waals surface area contributed by atoms with E-state index in [1.807, 2.05) is 19.1 Å². The highest BCUT2D eigenvalue weighted by atomic mass is 32.2. The van der Waals surface area contributed by atoms with Crippen LogP contribution < -0.4 is 10.9 Å². The van der Waals surface area contributed by atoms with Crippen molar-refractivity contribution >= 4 is 15.7 Å². The number of H-pyrrole nitrogens is 1. The minimum absolute atomic E-state index is 0.220. The second-order valence-electron chi connectivity index (χ2n) is 6.06. The maximum atomic E-state index is 12.3. The number of aromatic nitrogens is 1. The molecule has 0 fully saturated rings. The molecule has 1 aromatic heterocycles. The number of aromatic amines is 1. The van der Waals surface area contributed by atoms with Crippen molar-refractivity contribution < 1.29 is 18.3 Å². The van der Waals surface area contributed by atoms with E-state index in [4.69, 9.17) is 0 Å². The van der Waals surface area contributed by atoms with Gasteiger partial charge in [0.25, 0.3) is 11.5 Å². The monoisotopic (exact) mass is 374 g/mol. The molecule has 0 unspecified atom stereocenters. The Morgan fingerprint density at radius 2 is 2.00 bits per heavy atom. The molecule has 1 aliphatic heterocycles. The van der Waals surface area contributed by atoms with E-state index in [9.17, 15) is 23.1 Å². The van der Waals surface area contributed by atoms with Crippen LogP contribution in [0.1, 0.15) is 22.8 Å². The Bertz CT molecular complexity index is 1040. The molecular formula is C18H18N2O5S. The smallest absolute Gasteiger partial charge is 0.261 e. The predicted molar refractivity (Wildman–Crippen MR) is 97.7 cm³/mol. The summed E-state index contributed by atoms with van der Waals surface area (Å²) in [6, 6.07) is 7.72. The lowest BCUT2D eigenvalue weighted by atomic mass is 10.1. The third-order valence-electron chi connectivity index (χ3n) is 4.16. The molecule has 1 atom stereocenters. The van der Waals surface area contributed by atoms with Gasteiger partial charge >= 0.3 is 0 Å². The van der Waals surface area contributed by atoms with Crippen LogP contribution in [0.4, 0.5) is 0 Å². The number of aryl methyl sites for hydroxylation is 1. The zero-order valence-corrected chi connectivity index (χ0v) is 14.8. The van der Waals surface area contributed by atoms with Crippen LogP contribution in [0.5, 0.6) is 5.75 Å². The van der Waals surface area contributed by atoms with Crippen LogP contribution in [-0.2, 0) is 16.3 Å². The first-order chi connectivity index (χ1) is 12.3. The van der Waals surface area contributed by atoms with Crippen LogP contribution in [0.15, 0.2) is 46.6 Å². The number of aromatic hydroxyl groups is 1. The summed E-state index contributed by atoms with van der Waals surface area (Å²) >= 11 is 0. The third-order valence-corrected chi connectivity index (χ3v) is 5.56. The maximum absolute atomic E-state index is 12.3. The molecule has 0 bridgehead atoms. The number of hydrogen-bond acceptors (Lipinski definition) is 5. The first-order valence-corrected chi connectivity index (χ1v) is 9.78. The summed E-state index contributed by atoms with van der Waals surface area (Å²) in [5.74, 6) is -1.24. The summed E-state index contributed by atoms with van der Waals surface area (Å²) in [4.78, 5) is 27.0. The number of carbonyl (C=O) groups is 1. The van der Waals surface area contributed by atoms with E-state index in [2.05, 4.69) is 10.3 Å². The summed E-state index contributed by atoms with van der Waals surface area (Å²) in [5, 5.41) is 13.7. The first-order valence-electron chi connectivity index (χ1n) is 8.06. The van der Waals surface area contributed by atoms with Crippen molar-refractivity contribution in [3.8, 4) is 17.0 Å². The molecule has 1 aromatic carbocycles. The van der Waals surface area contributed by atoms with Crippen LogP contribution in [0.2, 0.25) is 0 Å². The Kier molecular flexibility index (Phi) is 4.69. The van der Waals surface area contributed by atoms with E-state index >= 15 is 0 Å². The molecule has 3 N–H and O–H groups in total. The zero-order valence-electron chi connectivity index (χ0n) is 14.0. The Labute approximate surface area is 150 Å². The normalized spacial score (nSPS) is 18.0. The SMILES string of the molecule is CCc1ccc(-c2[nH]c(=O)c(C(=O)N[C@@H]3C=CS(=O)(=O)C3)cc2O)cc1. The second kappa shape index (κ2) is 6.80. The number of rotatable bonds is 4. The number of pyridine rings is 1. The largest absolute Gasteiger partial charge is 0.506 e. The van der Waals surface area contributed by atoms with Gasteiger partial charge < -0.3 is 15.4 Å². The molecule has 0 saturated carbocycles. The summed E-state index contributed by atoms with van der Waals surface area (Å²) in [6.45, 7) is 2.02. The zero-order chi connectivity index (χ0) is 18.9. The second-order valence-corrected chi connectivity index (χ2v) is 7.99. The van der Waals surface area contributed by atoms with Gasteiger partial charge in [-0.05, 0) is 18.1 Å². The van der Waals surface area contributed by atoms with Crippen LogP contribution in [0.3, 0.4) is 0 Å². The predicted octanol–water partition coefficient (Wildman–Crippen LogP) is 1.35. The highest BCUT2D eigenvalue weighted by molar-refractivity contribution is 7.94. The molecule has 2 aromatic rings. The fraction of sp³-hybridized carbons (Fsp3) is 0.222. The van der Waals surface area contributed by atoms with Crippen molar-refractivity contribution in [3.05, 3.63) is 63.3 Å². The number of benzene rings is 1. The number of amides is 1. The molecule has 0 saturated heterocycles. The van der Waals surface area contributed by atoms with E-state index in [0.29, 0.717) is 5.56 Å². The van der Waals surface area contributed by atoms with Crippen molar-refractivity contribution in [2.45, 2.75) is 19.4 Å². The standard InChI is InChI=1S/C18H18N2O5S/c1-2-11-3-5-12(6-4-11)16-15(21)9-14(18(23)20-16)17(22)19-13-7-8-26(24,25)10-13/h3-9,13,21H,2,10H2,1H3,(H,19,22)(H,20,23)/t13-/m1/s1. The fourth-order valence-corrected chi connectivity index (χ4v) is 3.96. The summed E-state index contributed by atoms with van der Waals surface area (Å²) in [7, 11) is -3.32. The topological polar surface area (TPSA) is 116 Å². The fourth-order valence-electron chi connectivity index (χ4n) is 2.73. The molecule has 0 aliphatic carbocycles. The van der Waals surface area contributed by atoms with E-state index in [1.54, 1.807) is 12.1 Å². The van der Waals surface area contributed by atoms with Gasteiger partial charge in [0.15, 0.2) is 9.84 Å². The quantitative estimate of drug-likeness (QED) is 0.747. The minimum atomic E-state index is -3.32. The van der Waals surface area contributed by atoms with Crippen LogP contribution in [0.25, 0.3) is 11.3 Å². The lowest BCUT2D eigenvalue weighted by Gasteiger charge is -2.11. The van der Waals surface area contributed by atoms with Crippen molar-refractivity contribution in [1.82, 2.24) is 10.3 Å². The summed E-state index contributed by atoms with van der Waals surface area (Å²) in [6.07, 6.45) is 2.22. The highest BCUT2D eigenvalue weighted by Gasteiger charge is 2.25. The Hall–Kier alpha value is -2.87. The van der Waals surface area contributed by atoms with E-state index in [1.165, 1.54) is 6.08 Å². The van der Waals surface area contributed by atoms with Crippen molar-refractivity contribution in [1.29, 1.82) is 0 Å². The van der Waals surface area contributed by atoms with E-state index in [-0.39, 0.29) is 22.8 Å². The van der Waals surface area contributed by atoms with Crippen molar-refractivity contribution in [3.63, 3.8) is 0 Å². The van der Waals surface area contributed by atoms with Gasteiger partial charge in [0.05, 0.1) is 17.5 Å². The molecule has 7 nitrogen and oxygen atoms in total. The maximum Gasteiger partial charge on any atom is 0.261 e. The van der Waals surface area contributed by atoms with E-state index < -0.39 is 27.3 Å². The molecule has 2 heterocycles. The van der Waals surface area contributed by atoms with Crippen molar-refractivity contribution in [2.24, 2.45) is 0 Å². The Morgan fingerprint density at radius 1 is 1.31 bits per heavy atom. The van der Waals surface area contributed by atoms with E-state index in [0.717, 1.165) is 23.5 Å². The molecule has 1 aliphatic rings. The lowest BCUT2D eigenvalue weighted by Crippen LogP contribution is -2.38. The molecule has 26 heavy (non-hydrogen) atoms. The molecule has 136 valence electrons. The first kappa shape index (κ1) is 17.9. The molecular weight excluding hydrogens is 356 g/mol. The number of nitrogens with one attached hydrogen (secondary N) is 2. The van der Waals surface area contributed by atoms with Crippen molar-refractivity contribution in [2.75, 3.05) is 5.75 Å². The van der Waals surface area contributed by atoms with Gasteiger partial charge in [-0.15, -0.1) is 0 Å². The minimum Gasteiger partial charge on any atom is -0.506 e. The van der Waals surface area contributed by atoms with Crippen LogP contribution >= 0.6 is 0 Å². The number of sulfone groups is 1. The Balaban J connectivity index is 1.86. The molecule has 3 rings (SSSR count). The van der Waals surface area contributed by atoms with Gasteiger partial charge in [-0.1, -0.05) is 31.2 Å². The van der Waals surface area contributed by atoms with Gasteiger partial charge in [-0.25, -0.2) is 8.42 Å². The average molecular weight is 374 g/mol. The van der Waals surface area contributed by atoms with Gasteiger partial charge in [0.2, 0.25) is 0 Å². The van der Waals surface area contributed by atoms with Crippen LogP contribution in [0, 0.1) is 0 Å². The molecule has 8 heteroatoms. The average Bonchev–Trinajstić information content (AvgIpc) is 2.95. The Morgan fingerprint density at radius 3 is 2.58 bits per heavy atom. The lowest BCUT2D eigenvalue weighted by molar-refractivity contribution is 0.0945. The summed E-state index contributed by atoms with van der Waals surface area (Å²) in [5.41, 5.74) is 1.01. The van der Waals surface area contributed by atoms with Crippen LogP contribution in [-0.4, -0.2) is 36.2 Å². The summed E-state index contributed by atoms with van der Waals surface area (Å²) < 4.78 is 22.8. The molecule has 0 radical (unpaired) electrons. The highest BCUT2D eigenvalue weighted by Crippen LogP contribution is 2.26. The third kappa shape index (κ3) is 3.70. The van der Waals surface area contributed by atoms with Gasteiger partial charge in [-0.3, -0.25) is 9.59 Å². The number of carbonyl (C=O) groups excluding carboxylic acids is 1. The number of hydrogen-bond donors (Lipinski definition) is 3. The van der Waals surface area contributed by atoms with Gasteiger partial charge in [0.1, 0.15) is 11.3 Å².